The van der Waals surface area contributed by atoms with Crippen LogP contribution in [0.5, 0.6) is 0 Å². The first kappa shape index (κ1) is 27.1. The van der Waals surface area contributed by atoms with Crippen LogP contribution in [0.25, 0.3) is 0 Å². The summed E-state index contributed by atoms with van der Waals surface area (Å²) in [5.74, 6) is 0.208. The van der Waals surface area contributed by atoms with Gasteiger partial charge in [0.05, 0.1) is 23.7 Å². The number of hydrogen-bond acceptors (Lipinski definition) is 5. The third-order valence-electron chi connectivity index (χ3n) is 6.83. The quantitative estimate of drug-likeness (QED) is 0.523. The van der Waals surface area contributed by atoms with Crippen molar-refractivity contribution in [1.29, 1.82) is 0 Å². The molecule has 2 rings (SSSR count). The average Bonchev–Trinajstić information content (AvgIpc) is 2.85. The predicted molar refractivity (Wildman–Crippen MR) is 127 cm³/mol. The van der Waals surface area contributed by atoms with Crippen LogP contribution < -0.4 is 10.6 Å². The lowest BCUT2D eigenvalue weighted by molar-refractivity contribution is -0.130. The maximum Gasteiger partial charge on any atom is 0.457 e. The molecular formula is C24H45BN2O5. The van der Waals surface area contributed by atoms with Crippen molar-refractivity contribution in [2.24, 2.45) is 17.3 Å². The highest BCUT2D eigenvalue weighted by atomic mass is 16.7. The summed E-state index contributed by atoms with van der Waals surface area (Å²) in [5, 5.41) is 6.07. The molecule has 32 heavy (non-hydrogen) atoms. The molecule has 0 aromatic carbocycles. The topological polar surface area (TPSA) is 85.9 Å². The molecule has 0 aliphatic carbocycles. The van der Waals surface area contributed by atoms with Gasteiger partial charge in [-0.2, -0.15) is 0 Å². The molecule has 8 heteroatoms. The normalized spacial score (nSPS) is 25.9. The van der Waals surface area contributed by atoms with Crippen molar-refractivity contribution in [1.82, 2.24) is 10.6 Å². The Morgan fingerprint density at radius 3 is 2.28 bits per heavy atom. The third kappa shape index (κ3) is 8.34. The van der Waals surface area contributed by atoms with Crippen LogP contribution in [0.3, 0.4) is 0 Å². The number of amides is 2. The third-order valence-corrected chi connectivity index (χ3v) is 6.83. The second kappa shape index (κ2) is 10.9. The summed E-state index contributed by atoms with van der Waals surface area (Å²) in [6, 6.07) is 0.0584. The first-order valence-electron chi connectivity index (χ1n) is 12.2. The Labute approximate surface area is 195 Å². The van der Waals surface area contributed by atoms with E-state index in [-0.39, 0.29) is 47.5 Å². The van der Waals surface area contributed by atoms with Crippen molar-refractivity contribution < 1.29 is 23.6 Å². The number of ether oxygens (including phenoxy) is 1. The van der Waals surface area contributed by atoms with E-state index < -0.39 is 0 Å². The van der Waals surface area contributed by atoms with Crippen LogP contribution >= 0.6 is 0 Å². The second-order valence-electron chi connectivity index (χ2n) is 11.8. The Morgan fingerprint density at radius 1 is 1.09 bits per heavy atom. The zero-order valence-electron chi connectivity index (χ0n) is 21.5. The Bertz CT molecular complexity index is 631. The molecule has 2 aliphatic rings. The maximum absolute atomic E-state index is 12.7. The summed E-state index contributed by atoms with van der Waals surface area (Å²) in [6.07, 6.45) is 4.14. The highest BCUT2D eigenvalue weighted by Crippen LogP contribution is 2.38. The van der Waals surface area contributed by atoms with Crippen LogP contribution in [0.4, 0.5) is 0 Å². The molecule has 3 atom stereocenters. The van der Waals surface area contributed by atoms with Crippen LogP contribution in [-0.4, -0.2) is 55.9 Å². The Balaban J connectivity index is 1.75. The monoisotopic (exact) mass is 452 g/mol. The first-order valence-corrected chi connectivity index (χ1v) is 12.2. The molecule has 2 amide bonds. The highest BCUT2D eigenvalue weighted by molar-refractivity contribution is 6.45. The Morgan fingerprint density at radius 2 is 1.72 bits per heavy atom. The van der Waals surface area contributed by atoms with E-state index in [4.69, 9.17) is 14.0 Å². The number of hydrogen-bond donors (Lipinski definition) is 2. The van der Waals surface area contributed by atoms with Gasteiger partial charge in [-0.05, 0) is 71.0 Å². The van der Waals surface area contributed by atoms with Gasteiger partial charge in [0.15, 0.2) is 0 Å². The number of nitrogens with one attached hydrogen (secondary N) is 2. The van der Waals surface area contributed by atoms with Gasteiger partial charge in [-0.15, -0.1) is 0 Å². The molecule has 0 saturated carbocycles. The second-order valence-corrected chi connectivity index (χ2v) is 11.8. The van der Waals surface area contributed by atoms with Gasteiger partial charge in [-0.3, -0.25) is 9.59 Å². The Kier molecular flexibility index (Phi) is 9.22. The highest BCUT2D eigenvalue weighted by Gasteiger charge is 2.50. The minimum absolute atomic E-state index is 0.0314. The fourth-order valence-corrected chi connectivity index (χ4v) is 4.52. The van der Waals surface area contributed by atoms with E-state index in [1.807, 2.05) is 0 Å². The van der Waals surface area contributed by atoms with Gasteiger partial charge in [-0.25, -0.2) is 0 Å². The van der Waals surface area contributed by atoms with Gasteiger partial charge in [0.1, 0.15) is 0 Å². The van der Waals surface area contributed by atoms with E-state index in [1.54, 1.807) is 0 Å². The molecule has 0 aromatic heterocycles. The lowest BCUT2D eigenvalue weighted by atomic mass is 9.77. The Hall–Kier alpha value is -1.12. The van der Waals surface area contributed by atoms with Crippen molar-refractivity contribution in [3.8, 4) is 0 Å². The van der Waals surface area contributed by atoms with Crippen LogP contribution in [0, 0.1) is 17.3 Å². The lowest BCUT2D eigenvalue weighted by Gasteiger charge is -2.32. The molecule has 0 bridgehead atoms. The minimum atomic E-state index is -0.314. The first-order chi connectivity index (χ1) is 14.7. The number of rotatable bonds is 9. The van der Waals surface area contributed by atoms with Gasteiger partial charge < -0.3 is 24.7 Å². The van der Waals surface area contributed by atoms with E-state index in [9.17, 15) is 9.59 Å². The molecule has 0 aromatic rings. The molecule has 2 aliphatic heterocycles. The number of carbonyl (C=O) groups is 2. The SMILES string of the molecule is CC(=O)N[C@@H](CCNC(=O)C1COCC(CCB2OC(C)(C)C(C)(C)O2)C1)CC(C)(C)C. The molecule has 0 radical (unpaired) electrons. The van der Waals surface area contributed by atoms with Crippen molar-refractivity contribution in [3.05, 3.63) is 0 Å². The fourth-order valence-electron chi connectivity index (χ4n) is 4.52. The molecule has 2 unspecified atom stereocenters. The summed E-state index contributed by atoms with van der Waals surface area (Å²) in [7, 11) is -0.206. The predicted octanol–water partition coefficient (Wildman–Crippen LogP) is 3.57. The zero-order chi connectivity index (χ0) is 24.2. The van der Waals surface area contributed by atoms with E-state index in [0.29, 0.717) is 25.7 Å². The molecule has 7 nitrogen and oxygen atoms in total. The van der Waals surface area contributed by atoms with Crippen LogP contribution in [0.1, 0.15) is 81.1 Å². The largest absolute Gasteiger partial charge is 0.457 e. The zero-order valence-corrected chi connectivity index (χ0v) is 21.5. The van der Waals surface area contributed by atoms with Crippen molar-refractivity contribution in [2.45, 2.75) is 105 Å². The van der Waals surface area contributed by atoms with E-state index in [0.717, 1.165) is 32.0 Å². The van der Waals surface area contributed by atoms with Gasteiger partial charge in [-0.1, -0.05) is 20.8 Å². The molecule has 2 saturated heterocycles. The summed E-state index contributed by atoms with van der Waals surface area (Å²) < 4.78 is 17.9. The van der Waals surface area contributed by atoms with Crippen molar-refractivity contribution in [3.63, 3.8) is 0 Å². The van der Waals surface area contributed by atoms with Crippen molar-refractivity contribution >= 4 is 18.9 Å². The molecule has 0 spiro atoms. The van der Waals surface area contributed by atoms with Gasteiger partial charge in [0.2, 0.25) is 11.8 Å². The average molecular weight is 452 g/mol. The minimum Gasteiger partial charge on any atom is -0.403 e. The summed E-state index contributed by atoms with van der Waals surface area (Å²) >= 11 is 0. The smallest absolute Gasteiger partial charge is 0.403 e. The number of carbonyl (C=O) groups excluding carboxylic acids is 2. The maximum atomic E-state index is 12.7. The van der Waals surface area contributed by atoms with Crippen molar-refractivity contribution in [2.75, 3.05) is 19.8 Å². The van der Waals surface area contributed by atoms with E-state index in [1.165, 1.54) is 6.92 Å². The van der Waals surface area contributed by atoms with Gasteiger partial charge >= 0.3 is 7.12 Å². The van der Waals surface area contributed by atoms with Crippen LogP contribution in [0.2, 0.25) is 6.32 Å². The summed E-state index contributed by atoms with van der Waals surface area (Å²) in [5.41, 5.74) is -0.519. The fraction of sp³-hybridized carbons (Fsp3) is 0.917. The van der Waals surface area contributed by atoms with Gasteiger partial charge in [0, 0.05) is 26.1 Å². The molecule has 2 N–H and O–H groups in total. The van der Waals surface area contributed by atoms with Gasteiger partial charge in [0.25, 0.3) is 0 Å². The molecule has 2 heterocycles. The summed E-state index contributed by atoms with van der Waals surface area (Å²) in [4.78, 5) is 24.3. The molecule has 184 valence electrons. The standard InChI is InChI=1S/C24H45BN2O5/c1-17(28)27-20(14-22(2,3)4)10-12-26-21(29)19-13-18(15-30-16-19)9-11-25-31-23(5,6)24(7,8)32-25/h18-20H,9-16H2,1-8H3,(H,26,29)(H,27,28)/t18?,19?,20-/m0/s1. The van der Waals surface area contributed by atoms with Crippen LogP contribution in [-0.2, 0) is 23.6 Å². The van der Waals surface area contributed by atoms with Crippen LogP contribution in [0.15, 0.2) is 0 Å². The van der Waals surface area contributed by atoms with E-state index in [2.05, 4.69) is 59.1 Å². The summed E-state index contributed by atoms with van der Waals surface area (Å²) in [6.45, 7) is 18.0. The van der Waals surface area contributed by atoms with E-state index >= 15 is 0 Å². The lowest BCUT2D eigenvalue weighted by Crippen LogP contribution is -2.42. The molecule has 2 fully saturated rings. The molecular weight excluding hydrogens is 407 g/mol.